The van der Waals surface area contributed by atoms with Gasteiger partial charge in [0.15, 0.2) is 9.04 Å². The van der Waals surface area contributed by atoms with E-state index in [1.54, 1.807) is 7.11 Å². The highest BCUT2D eigenvalue weighted by molar-refractivity contribution is 6.65. The highest BCUT2D eigenvalue weighted by Gasteiger charge is 2.16. The van der Waals surface area contributed by atoms with Gasteiger partial charge in [0.1, 0.15) is 0 Å². The van der Waals surface area contributed by atoms with Gasteiger partial charge in [-0.2, -0.15) is 0 Å². The van der Waals surface area contributed by atoms with Crippen molar-refractivity contribution in [3.63, 3.8) is 0 Å². The van der Waals surface area contributed by atoms with Crippen LogP contribution in [0.25, 0.3) is 0 Å². The zero-order valence-electron chi connectivity index (χ0n) is 7.72. The van der Waals surface area contributed by atoms with Crippen molar-refractivity contribution in [3.05, 3.63) is 0 Å². The topological polar surface area (TPSA) is 27.7 Å². The lowest BCUT2D eigenvalue weighted by Gasteiger charge is -2.15. The number of rotatable bonds is 5. The summed E-state index contributed by atoms with van der Waals surface area (Å²) in [6.45, 7) is 8.20. The molecule has 0 aromatic carbocycles. The molecule has 0 atom stereocenters. The zero-order chi connectivity index (χ0) is 8.85. The third-order valence-corrected chi connectivity index (χ3v) is 6.58. The average molecular weight is 207 g/mol. The Hall–Kier alpha value is 0.531. The van der Waals surface area contributed by atoms with Crippen molar-refractivity contribution in [3.8, 4) is 0 Å². The molecule has 0 heterocycles. The van der Waals surface area contributed by atoms with Crippen molar-refractivity contribution in [2.45, 2.75) is 26.2 Å². The normalized spacial score (nSPS) is 12.0. The third kappa shape index (κ3) is 6.91. The van der Waals surface area contributed by atoms with Gasteiger partial charge in [0.05, 0.1) is 0 Å². The Morgan fingerprint density at radius 3 is 1.73 bits per heavy atom. The Balaban J connectivity index is 3.43. The summed E-state index contributed by atoms with van der Waals surface area (Å²) < 4.78 is 16.1. The van der Waals surface area contributed by atoms with E-state index in [0.29, 0.717) is 0 Å². The summed E-state index contributed by atoms with van der Waals surface area (Å²) in [6.07, 6.45) is 0. The molecule has 0 bridgehead atoms. The lowest BCUT2D eigenvalue weighted by atomic mass is 11.8. The van der Waals surface area contributed by atoms with E-state index in [9.17, 15) is 0 Å². The first-order valence-corrected chi connectivity index (χ1v) is 9.47. The van der Waals surface area contributed by atoms with Crippen molar-refractivity contribution >= 4 is 27.6 Å². The molecule has 0 amide bonds. The first-order valence-electron chi connectivity index (χ1n) is 3.43. The van der Waals surface area contributed by atoms with Crippen LogP contribution in [-0.2, 0) is 12.7 Å². The third-order valence-electron chi connectivity index (χ3n) is 0.923. The zero-order valence-corrected chi connectivity index (χ0v) is 10.7. The van der Waals surface area contributed by atoms with Crippen LogP contribution in [0.5, 0.6) is 0 Å². The maximum absolute atomic E-state index is 5.55. The molecule has 11 heavy (non-hydrogen) atoms. The summed E-state index contributed by atoms with van der Waals surface area (Å²) in [5.74, 6) is 0. The fourth-order valence-electron chi connectivity index (χ4n) is 0.552. The lowest BCUT2D eigenvalue weighted by Crippen LogP contribution is -2.32. The molecule has 0 rings (SSSR count). The molecule has 0 N–H and O–H groups in total. The molecule has 0 spiro atoms. The Morgan fingerprint density at radius 1 is 0.818 bits per heavy atom. The minimum Gasteiger partial charge on any atom is -0.436 e. The quantitative estimate of drug-likeness (QED) is 0.633. The Morgan fingerprint density at radius 2 is 1.36 bits per heavy atom. The molecule has 0 aliphatic rings. The van der Waals surface area contributed by atoms with E-state index in [-0.39, 0.29) is 0 Å². The van der Waals surface area contributed by atoms with Crippen molar-refractivity contribution in [2.24, 2.45) is 0 Å². The van der Waals surface area contributed by atoms with Gasteiger partial charge in [-0.15, -0.1) is 0 Å². The summed E-state index contributed by atoms with van der Waals surface area (Å²) in [7, 11) is -1.00. The van der Waals surface area contributed by atoms with Crippen molar-refractivity contribution in [1.82, 2.24) is 0 Å². The lowest BCUT2D eigenvalue weighted by molar-refractivity contribution is 0.320. The highest BCUT2D eigenvalue weighted by Crippen LogP contribution is 1.96. The minimum atomic E-state index is -1.04. The molecule has 0 unspecified atom stereocenters. The van der Waals surface area contributed by atoms with Gasteiger partial charge in [0.2, 0.25) is 0 Å². The van der Waals surface area contributed by atoms with Gasteiger partial charge >= 0.3 is 18.6 Å². The summed E-state index contributed by atoms with van der Waals surface area (Å²) >= 11 is 0. The molecule has 0 aliphatic carbocycles. The molecule has 0 aliphatic heterocycles. The van der Waals surface area contributed by atoms with E-state index >= 15 is 0 Å². The predicted octanol–water partition coefficient (Wildman–Crippen LogP) is 1.15. The fourth-order valence-corrected chi connectivity index (χ4v) is 5.35. The first-order chi connectivity index (χ1) is 5.06. The van der Waals surface area contributed by atoms with Gasteiger partial charge in [-0.25, -0.2) is 0 Å². The predicted molar refractivity (Wildman–Crippen MR) is 49.9 cm³/mol. The van der Waals surface area contributed by atoms with Crippen molar-refractivity contribution in [2.75, 3.05) is 7.11 Å². The molecule has 0 aromatic heterocycles. The number of hydrogen-bond donors (Lipinski definition) is 0. The maximum atomic E-state index is 5.55. The minimum absolute atomic E-state index is 0.606. The molecular formula is C5H15O3Si3. The van der Waals surface area contributed by atoms with Gasteiger partial charge in [-0.3, -0.25) is 0 Å². The van der Waals surface area contributed by atoms with E-state index in [1.165, 1.54) is 0 Å². The molecule has 0 saturated heterocycles. The van der Waals surface area contributed by atoms with Gasteiger partial charge in [0.25, 0.3) is 0 Å². The Labute approximate surface area is 74.1 Å². The van der Waals surface area contributed by atoms with E-state index in [0.717, 1.165) is 0 Å². The van der Waals surface area contributed by atoms with Crippen LogP contribution in [0.1, 0.15) is 0 Å². The SMILES string of the molecule is CO[Si](C)O[Si](C)O[Si](C)C. The molecule has 3 radical (unpaired) electrons. The second kappa shape index (κ2) is 6.09. The molecule has 6 heteroatoms. The summed E-state index contributed by atoms with van der Waals surface area (Å²) in [6, 6.07) is 0. The summed E-state index contributed by atoms with van der Waals surface area (Å²) in [5.41, 5.74) is 0. The molecule has 0 aromatic rings. The van der Waals surface area contributed by atoms with Crippen LogP contribution in [0.15, 0.2) is 0 Å². The van der Waals surface area contributed by atoms with Crippen LogP contribution in [0, 0.1) is 0 Å². The fraction of sp³-hybridized carbons (Fsp3) is 1.00. The molecule has 3 nitrogen and oxygen atoms in total. The first kappa shape index (κ1) is 11.5. The molecule has 65 valence electrons. The van der Waals surface area contributed by atoms with E-state index < -0.39 is 27.6 Å². The highest BCUT2D eigenvalue weighted by atomic mass is 28.4. The van der Waals surface area contributed by atoms with E-state index in [2.05, 4.69) is 13.1 Å². The van der Waals surface area contributed by atoms with Crippen LogP contribution in [0.2, 0.25) is 26.2 Å². The smallest absolute Gasteiger partial charge is 0.371 e. The van der Waals surface area contributed by atoms with Crippen LogP contribution < -0.4 is 0 Å². The molecule has 0 fully saturated rings. The van der Waals surface area contributed by atoms with Crippen molar-refractivity contribution < 1.29 is 12.7 Å². The van der Waals surface area contributed by atoms with E-state index in [4.69, 9.17) is 12.7 Å². The average Bonchev–Trinajstić information content (AvgIpc) is 1.85. The summed E-state index contributed by atoms with van der Waals surface area (Å²) in [5, 5.41) is 0. The molecular weight excluding hydrogens is 192 g/mol. The number of hydrogen-bond acceptors (Lipinski definition) is 3. The van der Waals surface area contributed by atoms with Gasteiger partial charge in [0, 0.05) is 7.11 Å². The van der Waals surface area contributed by atoms with Crippen LogP contribution >= 0.6 is 0 Å². The Kier molecular flexibility index (Phi) is 6.39. The van der Waals surface area contributed by atoms with Crippen LogP contribution in [0.4, 0.5) is 0 Å². The second-order valence-electron chi connectivity index (χ2n) is 2.30. The van der Waals surface area contributed by atoms with Gasteiger partial charge in [-0.1, -0.05) is 0 Å². The van der Waals surface area contributed by atoms with Gasteiger partial charge in [-0.05, 0) is 26.2 Å². The monoisotopic (exact) mass is 207 g/mol. The Bertz CT molecular complexity index is 101. The standard InChI is InChI=1S/C5H15O3Si3/c1-6-10(4)8-11(5)7-9(2)3/h1-5H3. The van der Waals surface area contributed by atoms with Gasteiger partial charge < -0.3 is 12.7 Å². The molecule has 0 saturated carbocycles. The van der Waals surface area contributed by atoms with Crippen LogP contribution in [0.3, 0.4) is 0 Å². The second-order valence-corrected chi connectivity index (χ2v) is 8.12. The summed E-state index contributed by atoms with van der Waals surface area (Å²) in [4.78, 5) is 0. The van der Waals surface area contributed by atoms with Crippen molar-refractivity contribution in [1.29, 1.82) is 0 Å². The maximum Gasteiger partial charge on any atom is 0.371 e. The largest absolute Gasteiger partial charge is 0.436 e. The van der Waals surface area contributed by atoms with E-state index in [1.807, 2.05) is 13.1 Å². The van der Waals surface area contributed by atoms with Crippen LogP contribution in [-0.4, -0.2) is 34.7 Å².